The minimum Gasteiger partial charge on any atom is -0.363 e. The molecule has 94 valence electrons. The van der Waals surface area contributed by atoms with Gasteiger partial charge in [-0.2, -0.15) is 0 Å². The van der Waals surface area contributed by atoms with Gasteiger partial charge in [0.15, 0.2) is 5.11 Å². The van der Waals surface area contributed by atoms with Crippen LogP contribution in [-0.4, -0.2) is 37.2 Å². The molecule has 0 saturated heterocycles. The quantitative estimate of drug-likeness (QED) is 0.593. The summed E-state index contributed by atoms with van der Waals surface area (Å²) in [6.07, 6.45) is 1.10. The summed E-state index contributed by atoms with van der Waals surface area (Å²) in [4.78, 5) is 2.17. The van der Waals surface area contributed by atoms with Crippen LogP contribution in [0.3, 0.4) is 0 Å². The van der Waals surface area contributed by atoms with E-state index in [1.807, 2.05) is 18.2 Å². The summed E-state index contributed by atoms with van der Waals surface area (Å²) < 4.78 is 0. The van der Waals surface area contributed by atoms with Crippen LogP contribution in [0, 0.1) is 0 Å². The number of nitrogens with one attached hydrogen (secondary N) is 2. The van der Waals surface area contributed by atoms with Crippen LogP contribution in [0.25, 0.3) is 0 Å². The van der Waals surface area contributed by atoms with Gasteiger partial charge in [-0.3, -0.25) is 0 Å². The van der Waals surface area contributed by atoms with Gasteiger partial charge < -0.3 is 15.5 Å². The van der Waals surface area contributed by atoms with Crippen molar-refractivity contribution in [3.8, 4) is 0 Å². The fourth-order valence-electron chi connectivity index (χ4n) is 1.44. The van der Waals surface area contributed by atoms with E-state index in [0.29, 0.717) is 0 Å². The van der Waals surface area contributed by atoms with E-state index in [4.69, 9.17) is 12.2 Å². The number of nitrogens with zero attached hydrogens (tertiary/aromatic N) is 1. The van der Waals surface area contributed by atoms with Crippen molar-refractivity contribution in [2.45, 2.75) is 13.0 Å². The van der Waals surface area contributed by atoms with E-state index < -0.39 is 0 Å². The summed E-state index contributed by atoms with van der Waals surface area (Å²) in [7, 11) is 4.15. The van der Waals surface area contributed by atoms with Crippen LogP contribution in [0.1, 0.15) is 12.0 Å². The first-order valence-corrected chi connectivity index (χ1v) is 6.29. The highest BCUT2D eigenvalue weighted by Gasteiger charge is 1.96. The molecular formula is C13H21N3S. The molecule has 1 aromatic rings. The van der Waals surface area contributed by atoms with Gasteiger partial charge in [0.2, 0.25) is 0 Å². The third-order valence-electron chi connectivity index (χ3n) is 2.36. The molecule has 0 aromatic heterocycles. The standard InChI is InChI=1S/C13H21N3S/c1-16(2)10-6-9-14-13(17)15-11-12-7-4-3-5-8-12/h3-5,7-8H,6,9-11H2,1-2H3,(H2,14,15,17). The molecule has 0 unspecified atom stereocenters. The fourth-order valence-corrected chi connectivity index (χ4v) is 1.61. The highest BCUT2D eigenvalue weighted by molar-refractivity contribution is 7.80. The minimum absolute atomic E-state index is 0.729. The molecule has 0 saturated carbocycles. The van der Waals surface area contributed by atoms with Crippen LogP contribution < -0.4 is 10.6 Å². The summed E-state index contributed by atoms with van der Waals surface area (Å²) in [5, 5.41) is 7.12. The van der Waals surface area contributed by atoms with Gasteiger partial charge >= 0.3 is 0 Å². The molecule has 0 aliphatic rings. The summed E-state index contributed by atoms with van der Waals surface area (Å²) in [6.45, 7) is 2.77. The fraction of sp³-hybridized carbons (Fsp3) is 0.462. The Kier molecular flexibility index (Phi) is 6.58. The Bertz CT molecular complexity index is 325. The van der Waals surface area contributed by atoms with Crippen LogP contribution in [0.4, 0.5) is 0 Å². The van der Waals surface area contributed by atoms with Crippen molar-refractivity contribution in [1.82, 2.24) is 15.5 Å². The van der Waals surface area contributed by atoms with Crippen LogP contribution >= 0.6 is 12.2 Å². The van der Waals surface area contributed by atoms with Gasteiger partial charge in [-0.15, -0.1) is 0 Å². The lowest BCUT2D eigenvalue weighted by Gasteiger charge is -2.12. The average Bonchev–Trinajstić information content (AvgIpc) is 2.33. The maximum atomic E-state index is 5.20. The molecule has 0 radical (unpaired) electrons. The van der Waals surface area contributed by atoms with Gasteiger partial charge in [-0.05, 0) is 44.8 Å². The predicted molar refractivity (Wildman–Crippen MR) is 77.1 cm³/mol. The Morgan fingerprint density at radius 3 is 2.53 bits per heavy atom. The Balaban J connectivity index is 2.09. The number of hydrogen-bond donors (Lipinski definition) is 2. The van der Waals surface area contributed by atoms with E-state index in [1.165, 1.54) is 5.56 Å². The van der Waals surface area contributed by atoms with Crippen molar-refractivity contribution in [3.05, 3.63) is 35.9 Å². The monoisotopic (exact) mass is 251 g/mol. The minimum atomic E-state index is 0.729. The zero-order valence-electron chi connectivity index (χ0n) is 10.6. The molecule has 2 N–H and O–H groups in total. The van der Waals surface area contributed by atoms with Crippen molar-refractivity contribution in [3.63, 3.8) is 0 Å². The van der Waals surface area contributed by atoms with Crippen molar-refractivity contribution in [1.29, 1.82) is 0 Å². The van der Waals surface area contributed by atoms with E-state index in [-0.39, 0.29) is 0 Å². The molecular weight excluding hydrogens is 230 g/mol. The normalized spacial score (nSPS) is 10.3. The van der Waals surface area contributed by atoms with Crippen molar-refractivity contribution in [2.24, 2.45) is 0 Å². The largest absolute Gasteiger partial charge is 0.363 e. The zero-order valence-corrected chi connectivity index (χ0v) is 11.4. The van der Waals surface area contributed by atoms with Gasteiger partial charge in [-0.1, -0.05) is 30.3 Å². The SMILES string of the molecule is CN(C)CCCNC(=S)NCc1ccccc1. The lowest BCUT2D eigenvalue weighted by molar-refractivity contribution is 0.400. The Labute approximate surface area is 109 Å². The molecule has 0 amide bonds. The number of hydrogen-bond acceptors (Lipinski definition) is 2. The van der Waals surface area contributed by atoms with Crippen molar-refractivity contribution in [2.75, 3.05) is 27.2 Å². The van der Waals surface area contributed by atoms with E-state index in [0.717, 1.165) is 31.2 Å². The molecule has 17 heavy (non-hydrogen) atoms. The maximum absolute atomic E-state index is 5.20. The van der Waals surface area contributed by atoms with Crippen LogP contribution in [-0.2, 0) is 6.54 Å². The summed E-state index contributed by atoms with van der Waals surface area (Å²) >= 11 is 5.20. The number of rotatable bonds is 6. The zero-order chi connectivity index (χ0) is 12.5. The Hall–Kier alpha value is -1.13. The average molecular weight is 251 g/mol. The summed E-state index contributed by atoms with van der Waals surface area (Å²) in [5.74, 6) is 0. The van der Waals surface area contributed by atoms with E-state index in [9.17, 15) is 0 Å². The highest BCUT2D eigenvalue weighted by atomic mass is 32.1. The lowest BCUT2D eigenvalue weighted by Crippen LogP contribution is -2.36. The topological polar surface area (TPSA) is 27.3 Å². The molecule has 0 atom stereocenters. The molecule has 0 bridgehead atoms. The summed E-state index contributed by atoms with van der Waals surface area (Å²) in [5.41, 5.74) is 1.24. The van der Waals surface area contributed by atoms with Crippen molar-refractivity contribution >= 4 is 17.3 Å². The second-order valence-electron chi connectivity index (χ2n) is 4.25. The smallest absolute Gasteiger partial charge is 0.166 e. The lowest BCUT2D eigenvalue weighted by atomic mass is 10.2. The van der Waals surface area contributed by atoms with E-state index >= 15 is 0 Å². The van der Waals surface area contributed by atoms with Gasteiger partial charge in [0, 0.05) is 13.1 Å². The maximum Gasteiger partial charge on any atom is 0.166 e. The van der Waals surface area contributed by atoms with Crippen LogP contribution in [0.15, 0.2) is 30.3 Å². The summed E-state index contributed by atoms with van der Waals surface area (Å²) in [6, 6.07) is 10.2. The third-order valence-corrected chi connectivity index (χ3v) is 2.65. The van der Waals surface area contributed by atoms with Gasteiger partial charge in [-0.25, -0.2) is 0 Å². The molecule has 1 aromatic carbocycles. The number of thiocarbonyl (C=S) groups is 1. The third kappa shape index (κ3) is 6.92. The van der Waals surface area contributed by atoms with E-state index in [1.54, 1.807) is 0 Å². The predicted octanol–water partition coefficient (Wildman–Crippen LogP) is 1.60. The molecule has 0 aliphatic heterocycles. The highest BCUT2D eigenvalue weighted by Crippen LogP contribution is 1.96. The second-order valence-corrected chi connectivity index (χ2v) is 4.66. The van der Waals surface area contributed by atoms with Gasteiger partial charge in [0.05, 0.1) is 0 Å². The Morgan fingerprint density at radius 1 is 1.18 bits per heavy atom. The van der Waals surface area contributed by atoms with Crippen LogP contribution in [0.2, 0.25) is 0 Å². The van der Waals surface area contributed by atoms with Gasteiger partial charge in [0.25, 0.3) is 0 Å². The molecule has 4 heteroatoms. The van der Waals surface area contributed by atoms with Crippen LogP contribution in [0.5, 0.6) is 0 Å². The molecule has 0 heterocycles. The first-order valence-electron chi connectivity index (χ1n) is 5.89. The second kappa shape index (κ2) is 8.03. The molecule has 0 spiro atoms. The molecule has 0 fully saturated rings. The van der Waals surface area contributed by atoms with Crippen molar-refractivity contribution < 1.29 is 0 Å². The molecule has 3 nitrogen and oxygen atoms in total. The van der Waals surface area contributed by atoms with E-state index in [2.05, 4.69) is 41.8 Å². The van der Waals surface area contributed by atoms with Gasteiger partial charge in [0.1, 0.15) is 0 Å². The first kappa shape index (κ1) is 13.9. The molecule has 0 aliphatic carbocycles. The number of benzene rings is 1. The first-order chi connectivity index (χ1) is 8.18. The molecule has 1 rings (SSSR count). The Morgan fingerprint density at radius 2 is 1.88 bits per heavy atom.